The van der Waals surface area contributed by atoms with Crippen LogP contribution < -0.4 is 10.2 Å². The van der Waals surface area contributed by atoms with Crippen molar-refractivity contribution in [3.05, 3.63) is 12.2 Å². The first-order valence-electron chi connectivity index (χ1n) is 17.5. The topological polar surface area (TPSA) is 108 Å². The van der Waals surface area contributed by atoms with E-state index in [4.69, 9.17) is 9.05 Å². The lowest BCUT2D eigenvalue weighted by molar-refractivity contribution is -0.870. The molecule has 0 heterocycles. The SMILES string of the molecule is CCCCCCC/C=C\CCCCCCCC(=O)NC(COP(=O)([O-])OCC[N+](C)(C)C)C(O)CCCCCCCCC. The molecule has 0 spiro atoms. The number of phosphoric acid groups is 1. The summed E-state index contributed by atoms with van der Waals surface area (Å²) in [6.07, 6.45) is 26.5. The summed E-state index contributed by atoms with van der Waals surface area (Å²) < 4.78 is 23.0. The van der Waals surface area contributed by atoms with Crippen LogP contribution in [0.4, 0.5) is 0 Å². The molecule has 0 radical (unpaired) electrons. The molecule has 2 N–H and O–H groups in total. The number of carbonyl (C=O) groups is 1. The van der Waals surface area contributed by atoms with Crippen LogP contribution in [0.1, 0.15) is 149 Å². The van der Waals surface area contributed by atoms with Gasteiger partial charge in [0, 0.05) is 6.42 Å². The Morgan fingerprint density at radius 3 is 1.81 bits per heavy atom. The van der Waals surface area contributed by atoms with Crippen molar-refractivity contribution >= 4 is 13.7 Å². The monoisotopic (exact) mass is 632 g/mol. The van der Waals surface area contributed by atoms with E-state index in [9.17, 15) is 19.4 Å². The number of aliphatic hydroxyl groups is 1. The maximum atomic E-state index is 12.7. The molecule has 0 saturated heterocycles. The van der Waals surface area contributed by atoms with E-state index >= 15 is 0 Å². The molecule has 0 saturated carbocycles. The molecule has 256 valence electrons. The van der Waals surface area contributed by atoms with Gasteiger partial charge in [-0.25, -0.2) is 0 Å². The van der Waals surface area contributed by atoms with Crippen molar-refractivity contribution < 1.29 is 32.9 Å². The summed E-state index contributed by atoms with van der Waals surface area (Å²) in [6.45, 7) is 4.62. The summed E-state index contributed by atoms with van der Waals surface area (Å²) in [7, 11) is 1.29. The van der Waals surface area contributed by atoms with Crippen LogP contribution in [0.5, 0.6) is 0 Å². The average molecular weight is 633 g/mol. The second kappa shape index (κ2) is 27.5. The van der Waals surface area contributed by atoms with Gasteiger partial charge in [-0.1, -0.05) is 116 Å². The number of quaternary nitrogens is 1. The fraction of sp³-hybridized carbons (Fsp3) is 0.912. The van der Waals surface area contributed by atoms with Crippen LogP contribution in [-0.2, 0) is 18.4 Å². The van der Waals surface area contributed by atoms with Gasteiger partial charge >= 0.3 is 0 Å². The van der Waals surface area contributed by atoms with Crippen LogP contribution in [0, 0.1) is 0 Å². The van der Waals surface area contributed by atoms with Crippen LogP contribution in [0.25, 0.3) is 0 Å². The van der Waals surface area contributed by atoms with E-state index in [1.54, 1.807) is 0 Å². The molecule has 0 aromatic heterocycles. The van der Waals surface area contributed by atoms with Crippen molar-refractivity contribution in [2.75, 3.05) is 40.9 Å². The van der Waals surface area contributed by atoms with Crippen molar-refractivity contribution in [1.29, 1.82) is 0 Å². The van der Waals surface area contributed by atoms with Gasteiger partial charge in [-0.3, -0.25) is 9.36 Å². The lowest BCUT2D eigenvalue weighted by Crippen LogP contribution is -2.46. The second-order valence-electron chi connectivity index (χ2n) is 13.2. The number of nitrogens with one attached hydrogen (secondary N) is 1. The van der Waals surface area contributed by atoms with E-state index in [0.717, 1.165) is 51.4 Å². The number of likely N-dealkylation sites (N-methyl/N-ethyl adjacent to an activating group) is 1. The summed E-state index contributed by atoms with van der Waals surface area (Å²) in [4.78, 5) is 25.0. The Hall–Kier alpha value is -0.760. The fourth-order valence-electron chi connectivity index (χ4n) is 4.85. The number of nitrogens with zero attached hydrogens (tertiary/aromatic N) is 1. The molecule has 3 atom stereocenters. The zero-order valence-corrected chi connectivity index (χ0v) is 29.6. The van der Waals surface area contributed by atoms with E-state index in [-0.39, 0.29) is 19.1 Å². The first-order chi connectivity index (χ1) is 20.5. The summed E-state index contributed by atoms with van der Waals surface area (Å²) in [5.41, 5.74) is 0. The summed E-state index contributed by atoms with van der Waals surface area (Å²) in [5.74, 6) is -0.180. The number of rotatable bonds is 31. The predicted molar refractivity (Wildman–Crippen MR) is 178 cm³/mol. The van der Waals surface area contributed by atoms with Gasteiger partial charge in [0.05, 0.1) is 39.9 Å². The summed E-state index contributed by atoms with van der Waals surface area (Å²) in [6, 6.07) is -0.796. The smallest absolute Gasteiger partial charge is 0.268 e. The summed E-state index contributed by atoms with van der Waals surface area (Å²) >= 11 is 0. The highest BCUT2D eigenvalue weighted by Gasteiger charge is 2.24. The molecule has 0 aliphatic rings. The van der Waals surface area contributed by atoms with E-state index in [0.29, 0.717) is 23.9 Å². The van der Waals surface area contributed by atoms with Crippen molar-refractivity contribution in [3.8, 4) is 0 Å². The molecule has 0 aromatic rings. The molecular formula is C34H69N2O6P. The average Bonchev–Trinajstić information content (AvgIpc) is 2.94. The zero-order chi connectivity index (χ0) is 32.2. The molecule has 0 aliphatic heterocycles. The Morgan fingerprint density at radius 1 is 0.791 bits per heavy atom. The minimum absolute atomic E-state index is 0.0112. The lowest BCUT2D eigenvalue weighted by atomic mass is 10.0. The largest absolute Gasteiger partial charge is 0.756 e. The Balaban J connectivity index is 4.44. The van der Waals surface area contributed by atoms with Gasteiger partial charge in [-0.05, 0) is 38.5 Å². The third kappa shape index (κ3) is 29.7. The van der Waals surface area contributed by atoms with Gasteiger partial charge in [-0.15, -0.1) is 0 Å². The maximum Gasteiger partial charge on any atom is 0.268 e. The van der Waals surface area contributed by atoms with Gasteiger partial charge < -0.3 is 28.8 Å². The van der Waals surface area contributed by atoms with Gasteiger partial charge in [0.25, 0.3) is 7.82 Å². The molecule has 0 aromatic carbocycles. The molecule has 0 bridgehead atoms. The van der Waals surface area contributed by atoms with Gasteiger partial charge in [0.2, 0.25) is 5.91 Å². The van der Waals surface area contributed by atoms with Crippen LogP contribution in [0.15, 0.2) is 12.2 Å². The number of carbonyl (C=O) groups excluding carboxylic acids is 1. The van der Waals surface area contributed by atoms with Gasteiger partial charge in [0.15, 0.2) is 0 Å². The molecule has 3 unspecified atom stereocenters. The van der Waals surface area contributed by atoms with Crippen LogP contribution in [0.3, 0.4) is 0 Å². The van der Waals surface area contributed by atoms with Crippen LogP contribution >= 0.6 is 7.82 Å². The molecule has 1 amide bonds. The van der Waals surface area contributed by atoms with Crippen LogP contribution in [0.2, 0.25) is 0 Å². The third-order valence-electron chi connectivity index (χ3n) is 7.75. The quantitative estimate of drug-likeness (QED) is 0.0349. The first kappa shape index (κ1) is 42.2. The molecule has 8 nitrogen and oxygen atoms in total. The minimum Gasteiger partial charge on any atom is -0.756 e. The molecule has 43 heavy (non-hydrogen) atoms. The van der Waals surface area contributed by atoms with E-state index in [1.807, 2.05) is 21.1 Å². The zero-order valence-electron chi connectivity index (χ0n) is 28.7. The lowest BCUT2D eigenvalue weighted by Gasteiger charge is -2.30. The minimum atomic E-state index is -4.54. The number of hydrogen-bond acceptors (Lipinski definition) is 6. The maximum absolute atomic E-state index is 12.7. The van der Waals surface area contributed by atoms with Crippen molar-refractivity contribution in [2.24, 2.45) is 0 Å². The summed E-state index contributed by atoms with van der Waals surface area (Å²) in [5, 5.41) is 13.7. The molecule has 0 fully saturated rings. The van der Waals surface area contributed by atoms with Crippen molar-refractivity contribution in [1.82, 2.24) is 5.32 Å². The first-order valence-corrected chi connectivity index (χ1v) is 19.0. The number of hydrogen-bond donors (Lipinski definition) is 2. The Kier molecular flexibility index (Phi) is 27.1. The van der Waals surface area contributed by atoms with Gasteiger partial charge in [-0.2, -0.15) is 0 Å². The van der Waals surface area contributed by atoms with E-state index in [1.165, 1.54) is 70.6 Å². The normalized spacial score (nSPS) is 15.0. The van der Waals surface area contributed by atoms with Crippen LogP contribution in [-0.4, -0.2) is 68.5 Å². The Bertz CT molecular complexity index is 728. The van der Waals surface area contributed by atoms with Crippen molar-refractivity contribution in [2.45, 2.75) is 161 Å². The number of unbranched alkanes of at least 4 members (excludes halogenated alkanes) is 16. The Labute approximate surface area is 265 Å². The number of amides is 1. The third-order valence-corrected chi connectivity index (χ3v) is 8.72. The highest BCUT2D eigenvalue weighted by molar-refractivity contribution is 7.45. The highest BCUT2D eigenvalue weighted by atomic mass is 31.2. The Morgan fingerprint density at radius 2 is 1.28 bits per heavy atom. The standard InChI is InChI=1S/C34H69N2O6P/c1-6-8-10-12-14-15-16-17-18-19-20-22-24-26-28-34(38)35-32(33(37)27-25-23-21-13-11-9-7-2)31-42-43(39,40)41-30-29-36(3,4)5/h16-17,32-33,37H,6-15,18-31H2,1-5H3,(H-,35,38,39,40)/b17-16-. The second-order valence-corrected chi connectivity index (χ2v) is 14.6. The van der Waals surface area contributed by atoms with E-state index in [2.05, 4.69) is 31.3 Å². The predicted octanol–water partition coefficient (Wildman–Crippen LogP) is 7.83. The molecular weight excluding hydrogens is 563 g/mol. The number of aliphatic hydroxyl groups excluding tert-OH is 1. The molecule has 0 aliphatic carbocycles. The number of phosphoric ester groups is 1. The highest BCUT2D eigenvalue weighted by Crippen LogP contribution is 2.38. The fourth-order valence-corrected chi connectivity index (χ4v) is 5.58. The van der Waals surface area contributed by atoms with E-state index < -0.39 is 20.0 Å². The van der Waals surface area contributed by atoms with Crippen molar-refractivity contribution in [3.63, 3.8) is 0 Å². The molecule has 9 heteroatoms. The molecule has 0 rings (SSSR count). The number of allylic oxidation sites excluding steroid dienone is 2. The van der Waals surface area contributed by atoms with Gasteiger partial charge in [0.1, 0.15) is 13.2 Å².